The molecule has 0 aliphatic carbocycles. The molecule has 0 saturated carbocycles. The van der Waals surface area contributed by atoms with E-state index in [0.717, 1.165) is 17.7 Å². The zero-order chi connectivity index (χ0) is 21.8. The molecule has 3 aromatic carbocycles. The van der Waals surface area contributed by atoms with Crippen LogP contribution in [-0.4, -0.2) is 29.2 Å². The highest BCUT2D eigenvalue weighted by atomic mass is 32.1. The maximum atomic E-state index is 10.9. The van der Waals surface area contributed by atoms with Gasteiger partial charge in [0.25, 0.3) is 0 Å². The fourth-order valence-electron chi connectivity index (χ4n) is 4.95. The van der Waals surface area contributed by atoms with Gasteiger partial charge in [-0.1, -0.05) is 97.1 Å². The van der Waals surface area contributed by atoms with Gasteiger partial charge in [-0.15, -0.1) is 0 Å². The number of aliphatic hydroxyl groups excluding tert-OH is 1. The molecule has 1 fully saturated rings. The van der Waals surface area contributed by atoms with E-state index in [2.05, 4.69) is 119 Å². The average molecular weight is 438 g/mol. The van der Waals surface area contributed by atoms with Crippen molar-refractivity contribution in [1.29, 1.82) is 0 Å². The fraction of sp³-hybridized carbons (Fsp3) is 0.172. The van der Waals surface area contributed by atoms with Crippen LogP contribution in [0.25, 0.3) is 6.08 Å². The molecule has 1 atom stereocenters. The predicted octanol–water partition coefficient (Wildman–Crippen LogP) is 6.19. The number of benzene rings is 3. The molecule has 1 saturated heterocycles. The third kappa shape index (κ3) is 3.84. The van der Waals surface area contributed by atoms with Gasteiger partial charge >= 0.3 is 0 Å². The number of piperidine rings is 1. The predicted molar refractivity (Wildman–Crippen MR) is 134 cm³/mol. The minimum atomic E-state index is -0.447. The van der Waals surface area contributed by atoms with Crippen molar-refractivity contribution in [2.45, 2.75) is 18.1 Å². The Bertz CT molecular complexity index is 1060. The van der Waals surface area contributed by atoms with E-state index in [1.807, 2.05) is 0 Å². The van der Waals surface area contributed by atoms with Crippen LogP contribution in [0, 0.1) is 0 Å². The van der Waals surface area contributed by atoms with E-state index in [1.165, 1.54) is 16.7 Å². The molecule has 0 radical (unpaired) electrons. The Kier molecular flexibility index (Phi) is 6.04. The molecule has 1 aromatic heterocycles. The Morgan fingerprint density at radius 1 is 0.781 bits per heavy atom. The summed E-state index contributed by atoms with van der Waals surface area (Å²) in [5.74, 6) is 0. The van der Waals surface area contributed by atoms with E-state index in [9.17, 15) is 5.11 Å². The summed E-state index contributed by atoms with van der Waals surface area (Å²) in [4.78, 5) is 2.54. The minimum absolute atomic E-state index is 0.411. The molecular formula is C29H27NOS. The van der Waals surface area contributed by atoms with Gasteiger partial charge in [0.2, 0.25) is 0 Å². The largest absolute Gasteiger partial charge is 0.389 e. The number of hydrogen-bond acceptors (Lipinski definition) is 3. The van der Waals surface area contributed by atoms with Gasteiger partial charge in [-0.2, -0.15) is 11.3 Å². The molecule has 1 N–H and O–H groups in total. The van der Waals surface area contributed by atoms with Crippen LogP contribution >= 0.6 is 11.3 Å². The van der Waals surface area contributed by atoms with E-state index in [-0.39, 0.29) is 0 Å². The lowest BCUT2D eigenvalue weighted by Gasteiger charge is -2.48. The zero-order valence-electron chi connectivity index (χ0n) is 18.0. The fourth-order valence-corrected chi connectivity index (χ4v) is 5.57. The maximum absolute atomic E-state index is 10.9. The summed E-state index contributed by atoms with van der Waals surface area (Å²) >= 11 is 1.69. The first-order valence-electron chi connectivity index (χ1n) is 11.1. The van der Waals surface area contributed by atoms with Crippen LogP contribution in [-0.2, 0) is 5.54 Å². The highest BCUT2D eigenvalue weighted by Crippen LogP contribution is 2.44. The topological polar surface area (TPSA) is 23.5 Å². The van der Waals surface area contributed by atoms with Gasteiger partial charge in [-0.25, -0.2) is 0 Å². The molecule has 0 spiro atoms. The average Bonchev–Trinajstić information content (AvgIpc) is 3.37. The smallest absolute Gasteiger partial charge is 0.0975 e. The Balaban J connectivity index is 1.71. The van der Waals surface area contributed by atoms with Crippen molar-refractivity contribution in [3.63, 3.8) is 0 Å². The number of aliphatic hydroxyl groups is 1. The van der Waals surface area contributed by atoms with E-state index in [4.69, 9.17) is 0 Å². The second kappa shape index (κ2) is 9.25. The van der Waals surface area contributed by atoms with Gasteiger partial charge in [0.15, 0.2) is 0 Å². The summed E-state index contributed by atoms with van der Waals surface area (Å²) < 4.78 is 0. The first-order valence-corrected chi connectivity index (χ1v) is 12.0. The van der Waals surface area contributed by atoms with Crippen molar-refractivity contribution < 1.29 is 5.11 Å². The Morgan fingerprint density at radius 3 is 1.78 bits per heavy atom. The Hall–Kier alpha value is -2.98. The highest BCUT2D eigenvalue weighted by molar-refractivity contribution is 7.08. The van der Waals surface area contributed by atoms with Crippen molar-refractivity contribution >= 4 is 17.4 Å². The van der Waals surface area contributed by atoms with Gasteiger partial charge in [0.05, 0.1) is 11.6 Å². The SMILES string of the molecule is OC1CCN(C(c2ccccc2)(c2ccccc2)c2ccccc2)C/C1=C/c1ccsc1. The van der Waals surface area contributed by atoms with Crippen LogP contribution in [0.15, 0.2) is 113 Å². The highest BCUT2D eigenvalue weighted by Gasteiger charge is 2.44. The summed E-state index contributed by atoms with van der Waals surface area (Å²) in [5.41, 5.74) is 5.51. The first-order chi connectivity index (χ1) is 15.8. The normalized spacial score (nSPS) is 18.7. The Morgan fingerprint density at radius 2 is 1.31 bits per heavy atom. The third-order valence-electron chi connectivity index (χ3n) is 6.42. The number of thiophene rings is 1. The van der Waals surface area contributed by atoms with Crippen LogP contribution in [0.2, 0.25) is 0 Å². The van der Waals surface area contributed by atoms with Crippen LogP contribution in [0.3, 0.4) is 0 Å². The first kappa shape index (κ1) is 20.9. The molecule has 3 heteroatoms. The van der Waals surface area contributed by atoms with Gasteiger partial charge < -0.3 is 5.11 Å². The quantitative estimate of drug-likeness (QED) is 0.376. The lowest BCUT2D eigenvalue weighted by atomic mass is 9.74. The standard InChI is InChI=1S/C29H27NOS/c31-28-16-18-30(21-24(28)20-23-17-19-32-22-23)29(25-10-4-1-5-11-25,26-12-6-2-7-13-26)27-14-8-3-9-15-27/h1-15,17,19-20,22,28,31H,16,18,21H2/b24-20-. The molecule has 1 aliphatic heterocycles. The molecule has 1 aliphatic rings. The lowest BCUT2D eigenvalue weighted by molar-refractivity contribution is 0.0872. The Labute approximate surface area is 194 Å². The third-order valence-corrected chi connectivity index (χ3v) is 7.12. The van der Waals surface area contributed by atoms with Crippen LogP contribution < -0.4 is 0 Å². The summed E-state index contributed by atoms with van der Waals surface area (Å²) in [6.45, 7) is 1.51. The number of nitrogens with zero attached hydrogens (tertiary/aromatic N) is 1. The van der Waals surface area contributed by atoms with Crippen molar-refractivity contribution in [2.75, 3.05) is 13.1 Å². The summed E-state index contributed by atoms with van der Waals surface area (Å²) in [5, 5.41) is 15.1. The van der Waals surface area contributed by atoms with Crippen molar-refractivity contribution in [2.24, 2.45) is 0 Å². The lowest BCUT2D eigenvalue weighted by Crippen LogP contribution is -2.52. The maximum Gasteiger partial charge on any atom is 0.0975 e. The van der Waals surface area contributed by atoms with E-state index < -0.39 is 11.6 Å². The van der Waals surface area contributed by atoms with Gasteiger partial charge in [-0.3, -0.25) is 4.90 Å². The van der Waals surface area contributed by atoms with Crippen molar-refractivity contribution in [1.82, 2.24) is 4.90 Å². The molecule has 0 bridgehead atoms. The van der Waals surface area contributed by atoms with E-state index >= 15 is 0 Å². The van der Waals surface area contributed by atoms with Gasteiger partial charge in [0, 0.05) is 13.1 Å². The molecule has 160 valence electrons. The monoisotopic (exact) mass is 437 g/mol. The van der Waals surface area contributed by atoms with Crippen LogP contribution in [0.5, 0.6) is 0 Å². The molecule has 0 amide bonds. The molecule has 32 heavy (non-hydrogen) atoms. The minimum Gasteiger partial charge on any atom is -0.389 e. The molecular weight excluding hydrogens is 410 g/mol. The summed E-state index contributed by atoms with van der Waals surface area (Å²) in [7, 11) is 0. The number of hydrogen-bond donors (Lipinski definition) is 1. The second-order valence-corrected chi connectivity index (χ2v) is 9.09. The zero-order valence-corrected chi connectivity index (χ0v) is 18.8. The number of rotatable bonds is 5. The molecule has 2 nitrogen and oxygen atoms in total. The van der Waals surface area contributed by atoms with Crippen molar-refractivity contribution in [3.05, 3.63) is 136 Å². The molecule has 2 heterocycles. The van der Waals surface area contributed by atoms with Crippen molar-refractivity contribution in [3.8, 4) is 0 Å². The van der Waals surface area contributed by atoms with Crippen LogP contribution in [0.4, 0.5) is 0 Å². The molecule has 1 unspecified atom stereocenters. The van der Waals surface area contributed by atoms with E-state index in [0.29, 0.717) is 13.0 Å². The van der Waals surface area contributed by atoms with Gasteiger partial charge in [0.1, 0.15) is 0 Å². The summed E-state index contributed by atoms with van der Waals surface area (Å²) in [6.07, 6.45) is 2.47. The molecule has 4 aromatic rings. The molecule has 5 rings (SSSR count). The second-order valence-electron chi connectivity index (χ2n) is 8.31. The van der Waals surface area contributed by atoms with E-state index in [1.54, 1.807) is 11.3 Å². The van der Waals surface area contributed by atoms with Gasteiger partial charge in [-0.05, 0) is 51.1 Å². The number of likely N-dealkylation sites (tertiary alicyclic amines) is 1. The van der Waals surface area contributed by atoms with Crippen LogP contribution in [0.1, 0.15) is 28.7 Å². The summed E-state index contributed by atoms with van der Waals surface area (Å²) in [6, 6.07) is 34.4.